The van der Waals surface area contributed by atoms with Crippen LogP contribution in [0.2, 0.25) is 0 Å². The van der Waals surface area contributed by atoms with Crippen molar-refractivity contribution in [1.29, 1.82) is 0 Å². The summed E-state index contributed by atoms with van der Waals surface area (Å²) in [7, 11) is 1.68. The molecule has 6 heteroatoms. The van der Waals surface area contributed by atoms with E-state index in [0.717, 1.165) is 0 Å². The van der Waals surface area contributed by atoms with Crippen molar-refractivity contribution >= 4 is 11.0 Å². The van der Waals surface area contributed by atoms with Crippen LogP contribution in [-0.4, -0.2) is 30.0 Å². The molecule has 0 atom stereocenters. The molecule has 0 fully saturated rings. The zero-order chi connectivity index (χ0) is 9.59. The van der Waals surface area contributed by atoms with Crippen molar-refractivity contribution in [3.05, 3.63) is 5.69 Å². The number of aromatic hydroxyl groups is 2. The Morgan fingerprint density at radius 3 is 2.62 bits per heavy atom. The maximum absolute atomic E-state index is 9.31. The standard InChI is InChI=1S/C7H8N4O2/c1-3-5-4(9-7(13)8-3)6(12)10-11(5)2/h1-2H3,(H,10,12)(H,8,9,13). The Balaban J connectivity index is 2.97. The first-order valence-electron chi connectivity index (χ1n) is 3.69. The van der Waals surface area contributed by atoms with Crippen molar-refractivity contribution in [1.82, 2.24) is 19.7 Å². The van der Waals surface area contributed by atoms with Crippen LogP contribution in [0.5, 0.6) is 11.9 Å². The molecule has 2 aromatic heterocycles. The third-order valence-electron chi connectivity index (χ3n) is 1.83. The van der Waals surface area contributed by atoms with E-state index in [-0.39, 0.29) is 17.4 Å². The molecular formula is C7H8N4O2. The summed E-state index contributed by atoms with van der Waals surface area (Å²) in [6.07, 6.45) is 0. The van der Waals surface area contributed by atoms with Gasteiger partial charge < -0.3 is 10.2 Å². The van der Waals surface area contributed by atoms with Gasteiger partial charge in [-0.05, 0) is 6.92 Å². The molecule has 2 heterocycles. The van der Waals surface area contributed by atoms with E-state index in [9.17, 15) is 5.11 Å². The lowest BCUT2D eigenvalue weighted by Crippen LogP contribution is -1.94. The molecule has 2 rings (SSSR count). The number of nitrogens with zero attached hydrogens (tertiary/aromatic N) is 4. The number of rotatable bonds is 0. The molecule has 68 valence electrons. The van der Waals surface area contributed by atoms with Crippen LogP contribution in [0.1, 0.15) is 5.69 Å². The van der Waals surface area contributed by atoms with Gasteiger partial charge >= 0.3 is 6.01 Å². The molecule has 2 N–H and O–H groups in total. The SMILES string of the molecule is Cc1nc(O)nc2c(O)nn(C)c12. The first-order valence-corrected chi connectivity index (χ1v) is 3.69. The predicted molar refractivity (Wildman–Crippen MR) is 44.4 cm³/mol. The second-order valence-corrected chi connectivity index (χ2v) is 2.75. The van der Waals surface area contributed by atoms with E-state index in [1.165, 1.54) is 4.68 Å². The Morgan fingerprint density at radius 1 is 1.23 bits per heavy atom. The van der Waals surface area contributed by atoms with Crippen molar-refractivity contribution in [3.8, 4) is 11.9 Å². The molecule has 0 aliphatic rings. The second-order valence-electron chi connectivity index (χ2n) is 2.75. The zero-order valence-electron chi connectivity index (χ0n) is 7.18. The zero-order valence-corrected chi connectivity index (χ0v) is 7.18. The summed E-state index contributed by atoms with van der Waals surface area (Å²) in [5.41, 5.74) is 1.47. The Bertz CT molecular complexity index is 477. The summed E-state index contributed by atoms with van der Waals surface area (Å²) in [5, 5.41) is 22.1. The van der Waals surface area contributed by atoms with Gasteiger partial charge in [-0.25, -0.2) is 0 Å². The molecule has 0 aliphatic heterocycles. The van der Waals surface area contributed by atoms with E-state index in [2.05, 4.69) is 15.1 Å². The Kier molecular flexibility index (Phi) is 1.39. The fraction of sp³-hybridized carbons (Fsp3) is 0.286. The summed E-state index contributed by atoms with van der Waals surface area (Å²) in [6.45, 7) is 1.71. The molecule has 0 amide bonds. The van der Waals surface area contributed by atoms with Crippen LogP contribution in [0.4, 0.5) is 0 Å². The smallest absolute Gasteiger partial charge is 0.314 e. The molecule has 0 radical (unpaired) electrons. The van der Waals surface area contributed by atoms with Gasteiger partial charge in [0.05, 0.1) is 5.69 Å². The summed E-state index contributed by atoms with van der Waals surface area (Å²) >= 11 is 0. The van der Waals surface area contributed by atoms with Crippen LogP contribution in [-0.2, 0) is 7.05 Å². The highest BCUT2D eigenvalue weighted by Crippen LogP contribution is 2.24. The summed E-state index contributed by atoms with van der Waals surface area (Å²) in [5.74, 6) is -0.196. The van der Waals surface area contributed by atoms with Gasteiger partial charge in [0, 0.05) is 7.05 Å². The summed E-state index contributed by atoms with van der Waals surface area (Å²) < 4.78 is 1.47. The molecule has 6 nitrogen and oxygen atoms in total. The van der Waals surface area contributed by atoms with Gasteiger partial charge in [-0.1, -0.05) is 0 Å². The highest BCUT2D eigenvalue weighted by molar-refractivity contribution is 5.81. The van der Waals surface area contributed by atoms with Crippen molar-refractivity contribution in [2.24, 2.45) is 7.05 Å². The van der Waals surface area contributed by atoms with Crippen LogP contribution >= 0.6 is 0 Å². The highest BCUT2D eigenvalue weighted by Gasteiger charge is 2.13. The van der Waals surface area contributed by atoms with Gasteiger partial charge in [-0.15, -0.1) is 5.10 Å². The van der Waals surface area contributed by atoms with Crippen molar-refractivity contribution in [2.45, 2.75) is 6.92 Å². The lowest BCUT2D eigenvalue weighted by Gasteiger charge is -1.97. The number of hydrogen-bond acceptors (Lipinski definition) is 5. The normalized spacial score (nSPS) is 10.9. The Morgan fingerprint density at radius 2 is 1.92 bits per heavy atom. The Hall–Kier alpha value is -1.85. The summed E-state index contributed by atoms with van der Waals surface area (Å²) in [6, 6.07) is -0.353. The summed E-state index contributed by atoms with van der Waals surface area (Å²) in [4.78, 5) is 7.42. The topological polar surface area (TPSA) is 84.1 Å². The average molecular weight is 180 g/mol. The van der Waals surface area contributed by atoms with Gasteiger partial charge in [0.1, 0.15) is 5.52 Å². The lowest BCUT2D eigenvalue weighted by molar-refractivity contribution is 0.427. The van der Waals surface area contributed by atoms with E-state index in [4.69, 9.17) is 5.11 Å². The van der Waals surface area contributed by atoms with Gasteiger partial charge in [0.25, 0.3) is 5.88 Å². The van der Waals surface area contributed by atoms with E-state index < -0.39 is 0 Å². The second kappa shape index (κ2) is 2.32. The molecule has 0 aliphatic carbocycles. The lowest BCUT2D eigenvalue weighted by atomic mass is 10.3. The van der Waals surface area contributed by atoms with E-state index in [0.29, 0.717) is 11.2 Å². The third kappa shape index (κ3) is 0.986. The number of aromatic nitrogens is 4. The van der Waals surface area contributed by atoms with Crippen LogP contribution in [0, 0.1) is 6.92 Å². The molecule has 0 bridgehead atoms. The quantitative estimate of drug-likeness (QED) is 0.599. The number of fused-ring (bicyclic) bond motifs is 1. The van der Waals surface area contributed by atoms with Crippen molar-refractivity contribution in [3.63, 3.8) is 0 Å². The molecule has 13 heavy (non-hydrogen) atoms. The van der Waals surface area contributed by atoms with Crippen LogP contribution < -0.4 is 0 Å². The van der Waals surface area contributed by atoms with E-state index in [1.54, 1.807) is 14.0 Å². The van der Waals surface area contributed by atoms with Gasteiger partial charge in [0.15, 0.2) is 5.52 Å². The molecular weight excluding hydrogens is 172 g/mol. The molecule has 2 aromatic rings. The minimum absolute atomic E-state index is 0.196. The highest BCUT2D eigenvalue weighted by atomic mass is 16.3. The predicted octanol–water partition coefficient (Wildman–Crippen LogP) is 0.0829. The van der Waals surface area contributed by atoms with Crippen LogP contribution in [0.25, 0.3) is 11.0 Å². The molecule has 0 unspecified atom stereocenters. The molecule has 0 saturated carbocycles. The molecule has 0 spiro atoms. The first kappa shape index (κ1) is 7.78. The van der Waals surface area contributed by atoms with Crippen LogP contribution in [0.3, 0.4) is 0 Å². The number of hydrogen-bond donors (Lipinski definition) is 2. The average Bonchev–Trinajstić information content (AvgIpc) is 2.27. The monoisotopic (exact) mass is 180 g/mol. The van der Waals surface area contributed by atoms with Crippen molar-refractivity contribution < 1.29 is 10.2 Å². The fourth-order valence-electron chi connectivity index (χ4n) is 1.34. The van der Waals surface area contributed by atoms with Crippen LogP contribution in [0.15, 0.2) is 0 Å². The van der Waals surface area contributed by atoms with Gasteiger partial charge in [-0.2, -0.15) is 9.97 Å². The molecule has 0 aromatic carbocycles. The fourth-order valence-corrected chi connectivity index (χ4v) is 1.34. The Labute approximate surface area is 73.5 Å². The number of aryl methyl sites for hydroxylation is 2. The minimum atomic E-state index is -0.353. The molecule has 0 saturated heterocycles. The van der Waals surface area contributed by atoms with E-state index in [1.807, 2.05) is 0 Å². The van der Waals surface area contributed by atoms with Gasteiger partial charge in [0.2, 0.25) is 0 Å². The third-order valence-corrected chi connectivity index (χ3v) is 1.83. The van der Waals surface area contributed by atoms with Gasteiger partial charge in [-0.3, -0.25) is 4.68 Å². The van der Waals surface area contributed by atoms with E-state index >= 15 is 0 Å². The largest absolute Gasteiger partial charge is 0.491 e. The maximum Gasteiger partial charge on any atom is 0.314 e. The van der Waals surface area contributed by atoms with Crippen molar-refractivity contribution in [2.75, 3.05) is 0 Å². The maximum atomic E-state index is 9.31. The first-order chi connectivity index (χ1) is 6.09. The minimum Gasteiger partial charge on any atom is -0.491 e.